The fourth-order valence-corrected chi connectivity index (χ4v) is 3.44. The van der Waals surface area contributed by atoms with E-state index in [1.807, 2.05) is 35.2 Å². The zero-order valence-electron chi connectivity index (χ0n) is 15.1. The summed E-state index contributed by atoms with van der Waals surface area (Å²) < 4.78 is 0. The number of rotatable bonds is 3. The molecular formula is C20H21N5O2. The maximum absolute atomic E-state index is 12.8. The first-order valence-corrected chi connectivity index (χ1v) is 8.96. The number of fused-ring (bicyclic) bond motifs is 1. The Bertz CT molecular complexity index is 956. The molecule has 0 aliphatic carbocycles. The molecule has 2 aromatic heterocycles. The molecule has 1 saturated heterocycles. The number of H-pyrrole nitrogens is 1. The Morgan fingerprint density at radius 1 is 1.07 bits per heavy atom. The Morgan fingerprint density at radius 3 is 2.59 bits per heavy atom. The van der Waals surface area contributed by atoms with E-state index in [0.717, 1.165) is 10.9 Å². The van der Waals surface area contributed by atoms with Crippen molar-refractivity contribution in [3.05, 3.63) is 59.9 Å². The van der Waals surface area contributed by atoms with Crippen molar-refractivity contribution in [3.8, 4) is 0 Å². The third-order valence-electron chi connectivity index (χ3n) is 4.89. The zero-order valence-corrected chi connectivity index (χ0v) is 15.1. The largest absolute Gasteiger partial charge is 0.355 e. The highest BCUT2D eigenvalue weighted by Crippen LogP contribution is 2.21. The van der Waals surface area contributed by atoms with Crippen LogP contribution in [0, 0.1) is 0 Å². The van der Waals surface area contributed by atoms with Crippen LogP contribution in [0.5, 0.6) is 0 Å². The minimum atomic E-state index is -0.158. The van der Waals surface area contributed by atoms with Crippen LogP contribution in [0.4, 0.5) is 5.82 Å². The fraction of sp³-hybridized carbons (Fsp3) is 0.250. The maximum Gasteiger partial charge on any atom is 0.270 e. The molecule has 1 aliphatic rings. The number of nitrogens with zero attached hydrogens (tertiary/aromatic N) is 3. The Balaban J connectivity index is 1.48. The number of para-hydroxylation sites is 1. The van der Waals surface area contributed by atoms with Gasteiger partial charge in [-0.25, -0.2) is 4.98 Å². The van der Waals surface area contributed by atoms with E-state index in [0.29, 0.717) is 43.3 Å². The Hall–Kier alpha value is -3.35. The molecule has 2 amide bonds. The molecule has 4 rings (SSSR count). The monoisotopic (exact) mass is 363 g/mol. The number of carbonyl (C=O) groups is 2. The van der Waals surface area contributed by atoms with Crippen LogP contribution in [0.15, 0.2) is 48.7 Å². The molecule has 0 bridgehead atoms. The lowest BCUT2D eigenvalue weighted by Gasteiger charge is -2.35. The molecule has 0 spiro atoms. The lowest BCUT2D eigenvalue weighted by molar-refractivity contribution is 0.0740. The van der Waals surface area contributed by atoms with Gasteiger partial charge in [-0.05, 0) is 24.3 Å². The second kappa shape index (κ2) is 7.11. The average Bonchev–Trinajstić information content (AvgIpc) is 3.17. The van der Waals surface area contributed by atoms with E-state index >= 15 is 0 Å². The van der Waals surface area contributed by atoms with Crippen molar-refractivity contribution in [2.45, 2.75) is 0 Å². The van der Waals surface area contributed by atoms with Crippen molar-refractivity contribution in [2.75, 3.05) is 38.1 Å². The number of amides is 2. The second-order valence-electron chi connectivity index (χ2n) is 6.50. The lowest BCUT2D eigenvalue weighted by Crippen LogP contribution is -2.49. The smallest absolute Gasteiger partial charge is 0.270 e. The number of aromatic amines is 1. The van der Waals surface area contributed by atoms with Crippen molar-refractivity contribution in [1.82, 2.24) is 20.2 Å². The summed E-state index contributed by atoms with van der Waals surface area (Å²) in [6, 6.07) is 13.3. The first kappa shape index (κ1) is 17.1. The predicted octanol–water partition coefficient (Wildman–Crippen LogP) is 1.88. The van der Waals surface area contributed by atoms with Gasteiger partial charge in [-0.15, -0.1) is 0 Å². The first-order chi connectivity index (χ1) is 13.2. The molecule has 1 aliphatic heterocycles. The maximum atomic E-state index is 12.8. The normalized spacial score (nSPS) is 14.4. The number of pyridine rings is 1. The Kier molecular flexibility index (Phi) is 4.50. The van der Waals surface area contributed by atoms with Crippen LogP contribution in [-0.2, 0) is 0 Å². The summed E-state index contributed by atoms with van der Waals surface area (Å²) in [6.45, 7) is 2.43. The highest BCUT2D eigenvalue weighted by Gasteiger charge is 2.26. The number of carbonyl (C=O) groups excluding carboxylic acids is 2. The molecule has 1 aromatic carbocycles. The zero-order chi connectivity index (χ0) is 18.8. The van der Waals surface area contributed by atoms with Crippen LogP contribution in [0.3, 0.4) is 0 Å². The van der Waals surface area contributed by atoms with Crippen LogP contribution in [-0.4, -0.2) is 59.9 Å². The summed E-state index contributed by atoms with van der Waals surface area (Å²) in [5.41, 5.74) is 2.12. The van der Waals surface area contributed by atoms with Crippen molar-refractivity contribution < 1.29 is 9.59 Å². The molecule has 7 heteroatoms. The SMILES string of the molecule is CNC(=O)c1cccnc1N1CCN(C(=O)c2cc3ccccc3[nH]2)CC1. The van der Waals surface area contributed by atoms with Gasteiger partial charge in [-0.3, -0.25) is 9.59 Å². The van der Waals surface area contributed by atoms with E-state index < -0.39 is 0 Å². The van der Waals surface area contributed by atoms with Crippen molar-refractivity contribution >= 4 is 28.5 Å². The van der Waals surface area contributed by atoms with Crippen LogP contribution >= 0.6 is 0 Å². The number of nitrogens with one attached hydrogen (secondary N) is 2. The number of hydrogen-bond donors (Lipinski definition) is 2. The van der Waals surface area contributed by atoms with Crippen LogP contribution in [0.2, 0.25) is 0 Å². The minimum absolute atomic E-state index is 0.00149. The fourth-order valence-electron chi connectivity index (χ4n) is 3.44. The third kappa shape index (κ3) is 3.23. The molecular weight excluding hydrogens is 342 g/mol. The van der Waals surface area contributed by atoms with E-state index in [-0.39, 0.29) is 11.8 Å². The van der Waals surface area contributed by atoms with Gasteiger partial charge in [0.2, 0.25) is 0 Å². The van der Waals surface area contributed by atoms with E-state index in [9.17, 15) is 9.59 Å². The number of aromatic nitrogens is 2. The summed E-state index contributed by atoms with van der Waals surface area (Å²) in [7, 11) is 1.61. The van der Waals surface area contributed by atoms with Crippen molar-refractivity contribution in [3.63, 3.8) is 0 Å². The van der Waals surface area contributed by atoms with E-state index in [1.165, 1.54) is 0 Å². The van der Waals surface area contributed by atoms with Crippen LogP contribution in [0.25, 0.3) is 10.9 Å². The molecule has 3 heterocycles. The average molecular weight is 363 g/mol. The van der Waals surface area contributed by atoms with E-state index in [1.54, 1.807) is 25.4 Å². The van der Waals surface area contributed by atoms with Gasteiger partial charge in [-0.2, -0.15) is 0 Å². The molecule has 7 nitrogen and oxygen atoms in total. The van der Waals surface area contributed by atoms with Gasteiger partial charge in [0.15, 0.2) is 0 Å². The highest BCUT2D eigenvalue weighted by atomic mass is 16.2. The van der Waals surface area contributed by atoms with Crippen molar-refractivity contribution in [2.24, 2.45) is 0 Å². The summed E-state index contributed by atoms with van der Waals surface area (Å²) in [4.78, 5) is 36.4. The number of hydrogen-bond acceptors (Lipinski definition) is 4. The predicted molar refractivity (Wildman–Crippen MR) is 104 cm³/mol. The molecule has 0 saturated carbocycles. The molecule has 1 fully saturated rings. The molecule has 2 N–H and O–H groups in total. The molecule has 138 valence electrons. The Labute approximate surface area is 157 Å². The van der Waals surface area contributed by atoms with Crippen molar-refractivity contribution in [1.29, 1.82) is 0 Å². The van der Waals surface area contributed by atoms with Gasteiger partial charge >= 0.3 is 0 Å². The molecule has 0 atom stereocenters. The summed E-state index contributed by atoms with van der Waals surface area (Å²) in [6.07, 6.45) is 1.68. The van der Waals surface area contributed by atoms with Crippen LogP contribution in [0.1, 0.15) is 20.8 Å². The quantitative estimate of drug-likeness (QED) is 0.745. The number of anilines is 1. The molecule has 0 radical (unpaired) electrons. The van der Waals surface area contributed by atoms with Gasteiger partial charge in [0, 0.05) is 50.3 Å². The van der Waals surface area contributed by atoms with Gasteiger partial charge < -0.3 is 20.1 Å². The van der Waals surface area contributed by atoms with E-state index in [4.69, 9.17) is 0 Å². The first-order valence-electron chi connectivity index (χ1n) is 8.96. The highest BCUT2D eigenvalue weighted by molar-refractivity contribution is 5.99. The van der Waals surface area contributed by atoms with Gasteiger partial charge in [0.05, 0.1) is 5.56 Å². The second-order valence-corrected chi connectivity index (χ2v) is 6.50. The molecule has 3 aromatic rings. The topological polar surface area (TPSA) is 81.3 Å². The number of benzene rings is 1. The third-order valence-corrected chi connectivity index (χ3v) is 4.89. The standard InChI is InChI=1S/C20H21N5O2/c1-21-19(26)15-6-4-8-22-18(15)24-9-11-25(12-10-24)20(27)17-13-14-5-2-3-7-16(14)23-17/h2-8,13,23H,9-12H2,1H3,(H,21,26). The van der Waals surface area contributed by atoms with Gasteiger partial charge in [-0.1, -0.05) is 18.2 Å². The Morgan fingerprint density at radius 2 is 1.85 bits per heavy atom. The van der Waals surface area contributed by atoms with Crippen LogP contribution < -0.4 is 10.2 Å². The van der Waals surface area contributed by atoms with E-state index in [2.05, 4.69) is 20.2 Å². The summed E-state index contributed by atoms with van der Waals surface area (Å²) in [5, 5.41) is 3.68. The van der Waals surface area contributed by atoms with Gasteiger partial charge in [0.25, 0.3) is 11.8 Å². The minimum Gasteiger partial charge on any atom is -0.355 e. The lowest BCUT2D eigenvalue weighted by atomic mass is 10.2. The summed E-state index contributed by atoms with van der Waals surface area (Å²) >= 11 is 0. The summed E-state index contributed by atoms with van der Waals surface area (Å²) in [5.74, 6) is 0.502. The number of piperazine rings is 1. The van der Waals surface area contributed by atoms with Gasteiger partial charge in [0.1, 0.15) is 11.5 Å². The molecule has 27 heavy (non-hydrogen) atoms. The molecule has 0 unspecified atom stereocenters.